The van der Waals surface area contributed by atoms with Crippen LogP contribution in [0.1, 0.15) is 12.0 Å². The summed E-state index contributed by atoms with van der Waals surface area (Å²) in [5.41, 5.74) is 2.11. The van der Waals surface area contributed by atoms with Gasteiger partial charge in [-0.05, 0) is 32.1 Å². The van der Waals surface area contributed by atoms with Crippen molar-refractivity contribution in [1.82, 2.24) is 20.1 Å². The smallest absolute Gasteiger partial charge is 0.246 e. The fourth-order valence-corrected chi connectivity index (χ4v) is 3.87. The van der Waals surface area contributed by atoms with E-state index in [-0.39, 0.29) is 23.9 Å². The van der Waals surface area contributed by atoms with Gasteiger partial charge >= 0.3 is 0 Å². The van der Waals surface area contributed by atoms with Crippen molar-refractivity contribution in [2.45, 2.75) is 31.0 Å². The number of hydrogen-bond donors (Lipinski definition) is 2. The summed E-state index contributed by atoms with van der Waals surface area (Å²) in [5.74, 6) is 0.0121. The minimum Gasteiger partial charge on any atom is -0.361 e. The molecule has 0 saturated carbocycles. The highest BCUT2D eigenvalue weighted by Gasteiger charge is 2.46. The number of nitrogens with zero attached hydrogens (tertiary/aromatic N) is 2. The molecule has 6 nitrogen and oxygen atoms in total. The fraction of sp³-hybridized carbons (Fsp3) is 0.444. The first-order valence-corrected chi connectivity index (χ1v) is 8.37. The summed E-state index contributed by atoms with van der Waals surface area (Å²) in [4.78, 5) is 32.4. The molecule has 1 aromatic carbocycles. The normalized spacial score (nSPS) is 27.0. The molecule has 3 atom stereocenters. The Morgan fingerprint density at radius 2 is 2.04 bits per heavy atom. The third kappa shape index (κ3) is 2.38. The SMILES string of the molecule is CN(C)[C@@H]1C[C@H]2C(=O)N[C@H](Cc3c[nH]c4ccccc34)C(=O)N2C1. The van der Waals surface area contributed by atoms with E-state index in [1.165, 1.54) is 0 Å². The average molecular weight is 326 g/mol. The first kappa shape index (κ1) is 15.2. The van der Waals surface area contributed by atoms with E-state index in [1.54, 1.807) is 4.90 Å². The van der Waals surface area contributed by atoms with E-state index in [2.05, 4.69) is 15.2 Å². The van der Waals surface area contributed by atoms with E-state index < -0.39 is 6.04 Å². The van der Waals surface area contributed by atoms with Gasteiger partial charge in [0, 0.05) is 36.1 Å². The number of para-hydroxylation sites is 1. The number of H-pyrrole nitrogens is 1. The van der Waals surface area contributed by atoms with Gasteiger partial charge in [0.1, 0.15) is 12.1 Å². The first-order chi connectivity index (χ1) is 11.5. The Morgan fingerprint density at radius 3 is 2.83 bits per heavy atom. The summed E-state index contributed by atoms with van der Waals surface area (Å²) in [6, 6.07) is 7.47. The van der Waals surface area contributed by atoms with Crippen LogP contribution in [-0.2, 0) is 16.0 Å². The lowest BCUT2D eigenvalue weighted by atomic mass is 10.0. The van der Waals surface area contributed by atoms with E-state index in [1.807, 2.05) is 44.6 Å². The number of likely N-dealkylation sites (N-methyl/N-ethyl adjacent to an activating group) is 1. The molecular weight excluding hydrogens is 304 g/mol. The highest BCUT2D eigenvalue weighted by atomic mass is 16.2. The summed E-state index contributed by atoms with van der Waals surface area (Å²) in [5, 5.41) is 4.04. The zero-order valence-electron chi connectivity index (χ0n) is 14.0. The summed E-state index contributed by atoms with van der Waals surface area (Å²) in [6.07, 6.45) is 3.16. The lowest BCUT2D eigenvalue weighted by molar-refractivity contribution is -0.147. The number of aromatic nitrogens is 1. The highest BCUT2D eigenvalue weighted by molar-refractivity contribution is 5.98. The Hall–Kier alpha value is -2.34. The minimum absolute atomic E-state index is 0.0243. The Balaban J connectivity index is 1.57. The van der Waals surface area contributed by atoms with Gasteiger partial charge in [-0.15, -0.1) is 0 Å². The quantitative estimate of drug-likeness (QED) is 0.874. The standard InChI is InChI=1S/C18H22N4O2/c1-21(2)12-8-16-17(23)20-15(18(24)22(16)10-12)7-11-9-19-14-6-4-3-5-13(11)14/h3-6,9,12,15-16,19H,7-8,10H2,1-2H3,(H,20,23)/t12-,15-,16+/m1/s1. The van der Waals surface area contributed by atoms with Crippen LogP contribution in [0.5, 0.6) is 0 Å². The van der Waals surface area contributed by atoms with E-state index >= 15 is 0 Å². The van der Waals surface area contributed by atoms with E-state index in [0.29, 0.717) is 19.4 Å². The number of benzene rings is 1. The first-order valence-electron chi connectivity index (χ1n) is 8.37. The number of hydrogen-bond acceptors (Lipinski definition) is 3. The van der Waals surface area contributed by atoms with E-state index in [4.69, 9.17) is 0 Å². The number of nitrogens with one attached hydrogen (secondary N) is 2. The van der Waals surface area contributed by atoms with Gasteiger partial charge in [0.2, 0.25) is 11.8 Å². The van der Waals surface area contributed by atoms with Crippen molar-refractivity contribution in [2.75, 3.05) is 20.6 Å². The predicted molar refractivity (Wildman–Crippen MR) is 91.5 cm³/mol. The Kier molecular flexibility index (Phi) is 3.57. The molecule has 1 aromatic heterocycles. The second-order valence-electron chi connectivity index (χ2n) is 6.98. The lowest BCUT2D eigenvalue weighted by Gasteiger charge is -2.34. The second-order valence-corrected chi connectivity index (χ2v) is 6.98. The highest BCUT2D eigenvalue weighted by Crippen LogP contribution is 2.27. The molecule has 2 fully saturated rings. The molecule has 2 aliphatic heterocycles. The topological polar surface area (TPSA) is 68.4 Å². The molecule has 2 aromatic rings. The van der Waals surface area contributed by atoms with Gasteiger partial charge in [0.05, 0.1) is 0 Å². The Bertz CT molecular complexity index is 797. The van der Waals surface area contributed by atoms with Crippen molar-refractivity contribution in [2.24, 2.45) is 0 Å². The molecule has 2 aliphatic rings. The maximum absolute atomic E-state index is 12.9. The minimum atomic E-state index is -0.478. The van der Waals surface area contributed by atoms with Crippen LogP contribution in [0.25, 0.3) is 10.9 Å². The molecule has 0 bridgehead atoms. The second kappa shape index (κ2) is 5.63. The molecule has 2 amide bonds. The van der Waals surface area contributed by atoms with Crippen molar-refractivity contribution in [3.8, 4) is 0 Å². The molecule has 0 aliphatic carbocycles. The third-order valence-corrected chi connectivity index (χ3v) is 5.31. The monoisotopic (exact) mass is 326 g/mol. The molecular formula is C18H22N4O2. The van der Waals surface area contributed by atoms with Gasteiger partial charge < -0.3 is 20.1 Å². The number of piperazine rings is 1. The van der Waals surface area contributed by atoms with Crippen LogP contribution in [-0.4, -0.2) is 65.4 Å². The summed E-state index contributed by atoms with van der Waals surface area (Å²) in [7, 11) is 3.99. The molecule has 4 rings (SSSR count). The Morgan fingerprint density at radius 1 is 1.25 bits per heavy atom. The van der Waals surface area contributed by atoms with Crippen molar-refractivity contribution >= 4 is 22.7 Å². The molecule has 0 unspecified atom stereocenters. The van der Waals surface area contributed by atoms with Gasteiger partial charge in [0.25, 0.3) is 0 Å². The van der Waals surface area contributed by atoms with Crippen LogP contribution < -0.4 is 5.32 Å². The molecule has 0 radical (unpaired) electrons. The maximum Gasteiger partial charge on any atom is 0.246 e. The average Bonchev–Trinajstić information content (AvgIpc) is 3.18. The van der Waals surface area contributed by atoms with Crippen LogP contribution in [0.15, 0.2) is 30.5 Å². The van der Waals surface area contributed by atoms with E-state index in [9.17, 15) is 9.59 Å². The largest absolute Gasteiger partial charge is 0.361 e. The van der Waals surface area contributed by atoms with Gasteiger partial charge in [0.15, 0.2) is 0 Å². The summed E-state index contributed by atoms with van der Waals surface area (Å²) < 4.78 is 0. The number of carbonyl (C=O) groups excluding carboxylic acids is 2. The molecule has 3 heterocycles. The van der Waals surface area contributed by atoms with Crippen LogP contribution in [0.3, 0.4) is 0 Å². The van der Waals surface area contributed by atoms with E-state index in [0.717, 1.165) is 16.5 Å². The third-order valence-electron chi connectivity index (χ3n) is 5.31. The van der Waals surface area contributed by atoms with Crippen molar-refractivity contribution in [1.29, 1.82) is 0 Å². The fourth-order valence-electron chi connectivity index (χ4n) is 3.87. The molecule has 2 saturated heterocycles. The van der Waals surface area contributed by atoms with Gasteiger partial charge in [-0.1, -0.05) is 18.2 Å². The summed E-state index contributed by atoms with van der Waals surface area (Å²) in [6.45, 7) is 0.633. The Labute approximate surface area is 140 Å². The van der Waals surface area contributed by atoms with Crippen molar-refractivity contribution in [3.63, 3.8) is 0 Å². The summed E-state index contributed by atoms with van der Waals surface area (Å²) >= 11 is 0. The molecule has 0 spiro atoms. The molecule has 24 heavy (non-hydrogen) atoms. The van der Waals surface area contributed by atoms with Gasteiger partial charge in [-0.2, -0.15) is 0 Å². The van der Waals surface area contributed by atoms with Crippen molar-refractivity contribution in [3.05, 3.63) is 36.0 Å². The molecule has 6 heteroatoms. The maximum atomic E-state index is 12.9. The zero-order valence-corrected chi connectivity index (χ0v) is 14.0. The zero-order chi connectivity index (χ0) is 16.8. The van der Waals surface area contributed by atoms with Gasteiger partial charge in [-0.25, -0.2) is 0 Å². The van der Waals surface area contributed by atoms with Crippen molar-refractivity contribution < 1.29 is 9.59 Å². The lowest BCUT2D eigenvalue weighted by Crippen LogP contribution is -2.61. The van der Waals surface area contributed by atoms with Crippen LogP contribution in [0.2, 0.25) is 0 Å². The number of amides is 2. The van der Waals surface area contributed by atoms with Gasteiger partial charge in [-0.3, -0.25) is 9.59 Å². The number of carbonyl (C=O) groups is 2. The number of fused-ring (bicyclic) bond motifs is 2. The molecule has 2 N–H and O–H groups in total. The number of rotatable bonds is 3. The predicted octanol–water partition coefficient (Wildman–Crippen LogP) is 0.740. The van der Waals surface area contributed by atoms with Crippen LogP contribution in [0, 0.1) is 0 Å². The van der Waals surface area contributed by atoms with Crippen LogP contribution >= 0.6 is 0 Å². The molecule has 126 valence electrons. The number of aromatic amines is 1. The van der Waals surface area contributed by atoms with Crippen LogP contribution in [0.4, 0.5) is 0 Å².